The summed E-state index contributed by atoms with van der Waals surface area (Å²) in [5.41, 5.74) is 5.10. The van der Waals surface area contributed by atoms with Gasteiger partial charge in [-0.3, -0.25) is 4.79 Å². The molecule has 0 aliphatic carbocycles. The second-order valence-corrected chi connectivity index (χ2v) is 9.03. The van der Waals surface area contributed by atoms with Crippen LogP contribution in [0.15, 0.2) is 17.6 Å². The molecule has 1 saturated heterocycles. The second-order valence-electron chi connectivity index (χ2n) is 7.88. The van der Waals surface area contributed by atoms with E-state index in [0.717, 1.165) is 11.0 Å². The van der Waals surface area contributed by atoms with Crippen LogP contribution in [0.4, 0.5) is 0 Å². The van der Waals surface area contributed by atoms with Crippen LogP contribution in [-0.2, 0) is 14.1 Å². The van der Waals surface area contributed by atoms with Crippen molar-refractivity contribution in [3.8, 4) is 0 Å². The Kier molecular flexibility index (Phi) is 5.92. The van der Waals surface area contributed by atoms with E-state index in [1.165, 1.54) is 28.5 Å². The highest BCUT2D eigenvalue weighted by Crippen LogP contribution is 2.39. The molecule has 0 spiro atoms. The van der Waals surface area contributed by atoms with Crippen molar-refractivity contribution in [3.05, 3.63) is 39.9 Å². The Morgan fingerprint density at radius 1 is 1.04 bits per heavy atom. The fraction of sp³-hybridized carbons (Fsp3) is 0.550. The van der Waals surface area contributed by atoms with Gasteiger partial charge in [0.25, 0.3) is 0 Å². The molecule has 136 valence electrons. The molecule has 2 rings (SSSR count). The van der Waals surface area contributed by atoms with Gasteiger partial charge in [0, 0.05) is 12.7 Å². The highest BCUT2D eigenvalue weighted by molar-refractivity contribution is 8.13. The summed E-state index contributed by atoms with van der Waals surface area (Å²) in [5.74, 6) is 0.568. The second kappa shape index (κ2) is 7.30. The third-order valence-electron chi connectivity index (χ3n) is 5.22. The summed E-state index contributed by atoms with van der Waals surface area (Å²) in [7, 11) is -0.433. The molecule has 0 radical (unpaired) electrons. The van der Waals surface area contributed by atoms with E-state index in [1.807, 2.05) is 27.7 Å². The molecule has 0 atom stereocenters. The van der Waals surface area contributed by atoms with Crippen molar-refractivity contribution in [1.29, 1.82) is 0 Å². The fourth-order valence-corrected chi connectivity index (χ4v) is 3.28. The summed E-state index contributed by atoms with van der Waals surface area (Å²) in [6.07, 6.45) is 2.12. The van der Waals surface area contributed by atoms with E-state index < -0.39 is 18.3 Å². The molecule has 1 aliphatic heterocycles. The lowest BCUT2D eigenvalue weighted by molar-refractivity contribution is -0.109. The number of carbonyl (C=O) groups is 1. The topological polar surface area (TPSA) is 35.5 Å². The summed E-state index contributed by atoms with van der Waals surface area (Å²) in [4.78, 5) is 11.5. The smallest absolute Gasteiger partial charge is 0.400 e. The number of carbonyl (C=O) groups excluding carboxylic acids is 1. The summed E-state index contributed by atoms with van der Waals surface area (Å²) < 4.78 is 12.4. The van der Waals surface area contributed by atoms with Crippen molar-refractivity contribution < 1.29 is 14.1 Å². The number of hydrogen-bond donors (Lipinski definition) is 0. The predicted molar refractivity (Wildman–Crippen MR) is 108 cm³/mol. The molecule has 0 unspecified atom stereocenters. The minimum absolute atomic E-state index is 0.0965. The molecule has 0 saturated carbocycles. The van der Waals surface area contributed by atoms with Crippen molar-refractivity contribution >= 4 is 30.1 Å². The Labute approximate surface area is 156 Å². The maximum absolute atomic E-state index is 11.5. The van der Waals surface area contributed by atoms with E-state index in [1.54, 1.807) is 6.92 Å². The average Bonchev–Trinajstić information content (AvgIpc) is 2.68. The molecular weight excluding hydrogens is 331 g/mol. The largest absolute Gasteiger partial charge is 0.491 e. The van der Waals surface area contributed by atoms with Gasteiger partial charge in [-0.1, -0.05) is 30.0 Å². The van der Waals surface area contributed by atoms with Gasteiger partial charge >= 0.3 is 7.12 Å². The van der Waals surface area contributed by atoms with E-state index in [4.69, 9.17) is 9.31 Å². The maximum Gasteiger partial charge on any atom is 0.491 e. The lowest BCUT2D eigenvalue weighted by Gasteiger charge is -2.32. The lowest BCUT2D eigenvalue weighted by atomic mass is 9.78. The van der Waals surface area contributed by atoms with Crippen LogP contribution < -0.4 is 0 Å². The van der Waals surface area contributed by atoms with Crippen molar-refractivity contribution in [2.45, 2.75) is 66.6 Å². The molecule has 3 nitrogen and oxygen atoms in total. The van der Waals surface area contributed by atoms with Crippen molar-refractivity contribution in [3.63, 3.8) is 0 Å². The van der Waals surface area contributed by atoms with Gasteiger partial charge in [-0.2, -0.15) is 0 Å². The minimum Gasteiger partial charge on any atom is -0.400 e. The predicted octanol–water partition coefficient (Wildman–Crippen LogP) is 4.91. The van der Waals surface area contributed by atoms with Crippen molar-refractivity contribution in [1.82, 2.24) is 0 Å². The molecule has 1 fully saturated rings. The van der Waals surface area contributed by atoms with E-state index in [0.29, 0.717) is 5.75 Å². The number of hydrogen-bond acceptors (Lipinski definition) is 4. The highest BCUT2D eigenvalue weighted by atomic mass is 32.2. The summed E-state index contributed by atoms with van der Waals surface area (Å²) >= 11 is 1.29. The Balaban J connectivity index is 2.40. The lowest BCUT2D eigenvalue weighted by Crippen LogP contribution is -2.41. The molecule has 1 aliphatic rings. The summed E-state index contributed by atoms with van der Waals surface area (Å²) in [6.45, 7) is 16.1. The first-order chi connectivity index (χ1) is 11.4. The monoisotopic (exact) mass is 360 g/mol. The van der Waals surface area contributed by atoms with Gasteiger partial charge in [0.15, 0.2) is 5.12 Å². The zero-order chi connectivity index (χ0) is 19.0. The summed E-state index contributed by atoms with van der Waals surface area (Å²) in [6, 6.07) is 4.38. The Morgan fingerprint density at radius 2 is 1.56 bits per heavy atom. The van der Waals surface area contributed by atoms with Gasteiger partial charge in [-0.05, 0) is 76.2 Å². The Morgan fingerprint density at radius 3 is 2.08 bits per heavy atom. The Bertz CT molecular complexity index is 691. The van der Waals surface area contributed by atoms with Gasteiger partial charge < -0.3 is 9.31 Å². The molecule has 0 N–H and O–H groups in total. The molecule has 1 aromatic carbocycles. The van der Waals surface area contributed by atoms with E-state index >= 15 is 0 Å². The quantitative estimate of drug-likeness (QED) is 0.715. The normalized spacial score (nSPS) is 19.4. The van der Waals surface area contributed by atoms with Gasteiger partial charge in [0.05, 0.1) is 11.2 Å². The number of thioether (sulfide) groups is 1. The number of aryl methyl sites for hydroxylation is 3. The fourth-order valence-electron chi connectivity index (χ4n) is 2.70. The zero-order valence-corrected chi connectivity index (χ0v) is 17.5. The molecule has 0 aromatic heterocycles. The van der Waals surface area contributed by atoms with Crippen LogP contribution >= 0.6 is 11.8 Å². The van der Waals surface area contributed by atoms with Gasteiger partial charge in [-0.25, -0.2) is 0 Å². The zero-order valence-electron chi connectivity index (χ0n) is 16.6. The van der Waals surface area contributed by atoms with Crippen LogP contribution in [0.1, 0.15) is 56.9 Å². The van der Waals surface area contributed by atoms with Crippen molar-refractivity contribution in [2.24, 2.45) is 0 Å². The standard InChI is InChI=1S/C20H29BO3S/c1-13-9-15(3)17(10-14(13)2)11-18(12-25-16(4)22)21-23-19(5,6)20(7,8)24-21/h9-11H,12H2,1-8H3. The average molecular weight is 360 g/mol. The van der Waals surface area contributed by atoms with Gasteiger partial charge in [0.2, 0.25) is 0 Å². The maximum atomic E-state index is 11.5. The van der Waals surface area contributed by atoms with Gasteiger partial charge in [0.1, 0.15) is 0 Å². The number of benzene rings is 1. The van der Waals surface area contributed by atoms with Crippen LogP contribution in [0, 0.1) is 20.8 Å². The van der Waals surface area contributed by atoms with Crippen molar-refractivity contribution in [2.75, 3.05) is 5.75 Å². The molecule has 0 amide bonds. The first kappa shape index (κ1) is 20.3. The van der Waals surface area contributed by atoms with E-state index in [-0.39, 0.29) is 5.12 Å². The SMILES string of the molecule is CC(=O)SCC(=Cc1cc(C)c(C)cc1C)B1OC(C)(C)C(C)(C)O1. The summed E-state index contributed by atoms with van der Waals surface area (Å²) in [5, 5.41) is 0.0965. The molecule has 0 bridgehead atoms. The van der Waals surface area contributed by atoms with Crippen LogP contribution in [0.25, 0.3) is 6.08 Å². The highest BCUT2D eigenvalue weighted by Gasteiger charge is 2.52. The molecule has 1 heterocycles. The Hall–Kier alpha value is -1.04. The molecule has 5 heteroatoms. The van der Waals surface area contributed by atoms with Crippen LogP contribution in [0.3, 0.4) is 0 Å². The number of rotatable bonds is 4. The minimum atomic E-state index is -0.433. The molecular formula is C20H29BO3S. The molecule has 25 heavy (non-hydrogen) atoms. The first-order valence-electron chi connectivity index (χ1n) is 8.70. The van der Waals surface area contributed by atoms with E-state index in [9.17, 15) is 4.79 Å². The third kappa shape index (κ3) is 4.58. The van der Waals surface area contributed by atoms with E-state index in [2.05, 4.69) is 39.0 Å². The van der Waals surface area contributed by atoms with Crippen LogP contribution in [0.5, 0.6) is 0 Å². The van der Waals surface area contributed by atoms with Gasteiger partial charge in [-0.15, -0.1) is 0 Å². The molecule has 1 aromatic rings. The van der Waals surface area contributed by atoms with Crippen LogP contribution in [0.2, 0.25) is 0 Å². The third-order valence-corrected chi connectivity index (χ3v) is 6.11. The first-order valence-corrected chi connectivity index (χ1v) is 9.69. The van der Waals surface area contributed by atoms with Crippen LogP contribution in [-0.4, -0.2) is 29.2 Å².